The van der Waals surface area contributed by atoms with Crippen LogP contribution in [0.3, 0.4) is 0 Å². The minimum absolute atomic E-state index is 0.0358. The monoisotopic (exact) mass is 600 g/mol. The lowest BCUT2D eigenvalue weighted by Crippen LogP contribution is -2.37. The molecular weight excluding hydrogens is 578 g/mol. The normalized spacial score (nSPS) is 13.8. The Morgan fingerprint density at radius 1 is 0.927 bits per heavy atom. The largest absolute Gasteiger partial charge is 0.507 e. The van der Waals surface area contributed by atoms with Crippen LogP contribution in [0.25, 0.3) is 0 Å². The lowest BCUT2D eigenvalue weighted by atomic mass is 9.91. The van der Waals surface area contributed by atoms with Gasteiger partial charge in [-0.05, 0) is 47.9 Å². The molecule has 14 heteroatoms. The summed E-state index contributed by atoms with van der Waals surface area (Å²) in [7, 11) is 0. The van der Waals surface area contributed by atoms with Crippen LogP contribution in [0.2, 0.25) is 0 Å². The van der Waals surface area contributed by atoms with Crippen molar-refractivity contribution in [1.82, 2.24) is 4.72 Å². The average molecular weight is 601 g/mol. The first-order valence-electron chi connectivity index (χ1n) is 12.1. The predicted octanol–water partition coefficient (Wildman–Crippen LogP) is 5.65. The molecule has 1 fully saturated rings. The number of hydrogen-bond donors (Lipinski definition) is 3. The maximum Gasteiger partial charge on any atom is 0.339 e. The van der Waals surface area contributed by atoms with Gasteiger partial charge in [-0.3, -0.25) is 9.52 Å². The highest BCUT2D eigenvalue weighted by Gasteiger charge is 2.28. The third kappa shape index (κ3) is 6.60. The van der Waals surface area contributed by atoms with Crippen LogP contribution >= 0.6 is 11.9 Å². The number of nitrogens with zero attached hydrogens (tertiary/aromatic N) is 1. The van der Waals surface area contributed by atoms with Crippen LogP contribution in [-0.2, 0) is 16.1 Å². The molecule has 1 amide bonds. The molecule has 3 N–H and O–H groups in total. The van der Waals surface area contributed by atoms with Crippen molar-refractivity contribution in [1.29, 1.82) is 0 Å². The predicted molar refractivity (Wildman–Crippen MR) is 136 cm³/mol. The van der Waals surface area contributed by atoms with Gasteiger partial charge in [-0.2, -0.15) is 0 Å². The van der Waals surface area contributed by atoms with Crippen LogP contribution in [-0.4, -0.2) is 41.8 Å². The Morgan fingerprint density at radius 2 is 1.51 bits per heavy atom. The smallest absolute Gasteiger partial charge is 0.339 e. The highest BCUT2D eigenvalue weighted by molar-refractivity contribution is 7.97. The highest BCUT2D eigenvalue weighted by Crippen LogP contribution is 2.32. The third-order valence-corrected chi connectivity index (χ3v) is 7.32. The number of rotatable bonds is 9. The summed E-state index contributed by atoms with van der Waals surface area (Å²) in [6.07, 6.45) is 1.66. The fourth-order valence-electron chi connectivity index (χ4n) is 4.29. The number of hydrogen-bond acceptors (Lipinski definition) is 6. The molecule has 4 rings (SSSR count). The van der Waals surface area contributed by atoms with Crippen molar-refractivity contribution >= 4 is 29.5 Å². The number of amides is 1. The van der Waals surface area contributed by atoms with Crippen molar-refractivity contribution in [2.75, 3.05) is 24.7 Å². The van der Waals surface area contributed by atoms with Crippen LogP contribution in [0, 0.1) is 34.9 Å². The Labute approximate surface area is 233 Å². The third-order valence-electron chi connectivity index (χ3n) is 6.47. The van der Waals surface area contributed by atoms with Crippen LogP contribution in [0.1, 0.15) is 40.2 Å². The van der Waals surface area contributed by atoms with Crippen molar-refractivity contribution in [2.45, 2.75) is 30.2 Å². The van der Waals surface area contributed by atoms with Gasteiger partial charge in [-0.1, -0.05) is 24.3 Å². The summed E-state index contributed by atoms with van der Waals surface area (Å²) in [6.45, 7) is 0.190. The van der Waals surface area contributed by atoms with Crippen LogP contribution in [0.5, 0.6) is 5.75 Å². The lowest BCUT2D eigenvalue weighted by Gasteiger charge is -2.25. The number of benzene rings is 3. The summed E-state index contributed by atoms with van der Waals surface area (Å²) in [5.41, 5.74) is 0.293. The van der Waals surface area contributed by atoms with E-state index in [2.05, 4.69) is 4.72 Å². The van der Waals surface area contributed by atoms with E-state index in [4.69, 9.17) is 9.84 Å². The second-order valence-electron chi connectivity index (χ2n) is 9.06. The first kappa shape index (κ1) is 30.2. The SMILES string of the molecule is O=C(O)c1cc(F)c(N(Cc2ccc(C3CCOCC3)cc2)C(=O)CNSc2c(F)c(F)c(F)c(F)c2F)cc1O. The molecule has 0 unspecified atom stereocenters. The molecule has 0 radical (unpaired) electrons. The molecule has 0 bridgehead atoms. The molecule has 0 spiro atoms. The van der Waals surface area contributed by atoms with Crippen LogP contribution in [0.15, 0.2) is 41.3 Å². The van der Waals surface area contributed by atoms with Crippen LogP contribution < -0.4 is 9.62 Å². The second kappa shape index (κ2) is 12.8. The number of phenols is 1. The summed E-state index contributed by atoms with van der Waals surface area (Å²) >= 11 is -0.0358. The molecule has 1 aliphatic rings. The molecule has 1 saturated heterocycles. The molecule has 0 atom stereocenters. The number of anilines is 1. The zero-order chi connectivity index (χ0) is 29.8. The van der Waals surface area contributed by atoms with Gasteiger partial charge in [0, 0.05) is 19.3 Å². The number of ether oxygens (including phenoxy) is 1. The van der Waals surface area contributed by atoms with Gasteiger partial charge in [0.15, 0.2) is 23.3 Å². The maximum atomic E-state index is 15.0. The lowest BCUT2D eigenvalue weighted by molar-refractivity contribution is -0.117. The van der Waals surface area contributed by atoms with E-state index < -0.39 is 75.2 Å². The Bertz CT molecular complexity index is 1440. The molecular formula is C27H22F6N2O5S. The molecule has 0 saturated carbocycles. The molecule has 1 heterocycles. The van der Waals surface area contributed by atoms with Gasteiger partial charge in [-0.15, -0.1) is 0 Å². The molecule has 1 aliphatic heterocycles. The van der Waals surface area contributed by atoms with Crippen molar-refractivity contribution < 1.29 is 50.9 Å². The zero-order valence-electron chi connectivity index (χ0n) is 21.0. The van der Waals surface area contributed by atoms with Crippen molar-refractivity contribution in [3.63, 3.8) is 0 Å². The first-order valence-corrected chi connectivity index (χ1v) is 12.9. The van der Waals surface area contributed by atoms with Gasteiger partial charge in [0.25, 0.3) is 0 Å². The molecule has 3 aromatic carbocycles. The molecule has 0 aromatic heterocycles. The molecule has 218 valence electrons. The zero-order valence-corrected chi connectivity index (χ0v) is 21.8. The summed E-state index contributed by atoms with van der Waals surface area (Å²) in [6, 6.07) is 8.35. The van der Waals surface area contributed by atoms with Gasteiger partial charge in [0.1, 0.15) is 22.0 Å². The Hall–Kier alpha value is -3.75. The number of nitrogens with one attached hydrogen (secondary N) is 1. The Morgan fingerprint density at radius 3 is 2.10 bits per heavy atom. The number of carbonyl (C=O) groups is 2. The number of halogens is 6. The molecule has 0 aliphatic carbocycles. The van der Waals surface area contributed by atoms with E-state index in [1.54, 1.807) is 12.1 Å². The Balaban J connectivity index is 1.58. The van der Waals surface area contributed by atoms with E-state index in [0.717, 1.165) is 29.4 Å². The highest BCUT2D eigenvalue weighted by atomic mass is 32.2. The van der Waals surface area contributed by atoms with Gasteiger partial charge in [0.05, 0.1) is 18.8 Å². The van der Waals surface area contributed by atoms with Crippen molar-refractivity contribution in [3.05, 3.63) is 88.0 Å². The van der Waals surface area contributed by atoms with E-state index in [9.17, 15) is 36.6 Å². The van der Waals surface area contributed by atoms with Gasteiger partial charge >= 0.3 is 5.97 Å². The average Bonchev–Trinajstić information content (AvgIpc) is 2.97. The van der Waals surface area contributed by atoms with Crippen LogP contribution in [0.4, 0.5) is 32.0 Å². The first-order chi connectivity index (χ1) is 19.5. The molecule has 41 heavy (non-hydrogen) atoms. The number of aromatic hydroxyl groups is 1. The van der Waals surface area contributed by atoms with E-state index >= 15 is 4.39 Å². The quantitative estimate of drug-likeness (QED) is 0.126. The summed E-state index contributed by atoms with van der Waals surface area (Å²) in [5, 5.41) is 19.3. The fraction of sp³-hybridized carbons (Fsp3) is 0.259. The van der Waals surface area contributed by atoms with Gasteiger partial charge in [0.2, 0.25) is 11.7 Å². The van der Waals surface area contributed by atoms with Gasteiger partial charge in [-0.25, -0.2) is 31.1 Å². The summed E-state index contributed by atoms with van der Waals surface area (Å²) < 4.78 is 90.9. The van der Waals surface area contributed by atoms with Crippen molar-refractivity contribution in [2.24, 2.45) is 0 Å². The number of carbonyl (C=O) groups excluding carboxylic acids is 1. The summed E-state index contributed by atoms with van der Waals surface area (Å²) in [5.74, 6) is -15.1. The maximum absolute atomic E-state index is 15.0. The fourth-order valence-corrected chi connectivity index (χ4v) is 4.98. The standard InChI is InChI=1S/C27H22F6N2O5S/c28-17-9-16(27(38)39)19(36)10-18(17)35(12-13-1-3-14(4-2-13)15-5-7-40-8-6-15)20(37)11-34-41-26-24(32)22(30)21(29)23(31)25(26)33/h1-4,9-10,15,34,36H,5-8,11-12H2,(H,38,39). The van der Waals surface area contributed by atoms with Gasteiger partial charge < -0.3 is 19.8 Å². The number of aromatic carboxylic acids is 1. The number of carboxylic acid groups (broad SMARTS) is 1. The Kier molecular flexibility index (Phi) is 9.46. The minimum atomic E-state index is -2.34. The summed E-state index contributed by atoms with van der Waals surface area (Å²) in [4.78, 5) is 24.0. The topological polar surface area (TPSA) is 99.1 Å². The molecule has 3 aromatic rings. The minimum Gasteiger partial charge on any atom is -0.507 e. The van der Waals surface area contributed by atoms with E-state index in [0.29, 0.717) is 24.8 Å². The van der Waals surface area contributed by atoms with Crippen molar-refractivity contribution in [3.8, 4) is 5.75 Å². The second-order valence-corrected chi connectivity index (χ2v) is 9.96. The van der Waals surface area contributed by atoms with E-state index in [1.807, 2.05) is 12.1 Å². The molecule has 7 nitrogen and oxygen atoms in total. The van der Waals surface area contributed by atoms with E-state index in [-0.39, 0.29) is 24.4 Å². The number of carboxylic acids is 1. The van der Waals surface area contributed by atoms with E-state index in [1.165, 1.54) is 0 Å².